The minimum absolute atomic E-state index is 0.216. The molecule has 0 bridgehead atoms. The summed E-state index contributed by atoms with van der Waals surface area (Å²) in [6, 6.07) is 0. The maximum Gasteiger partial charge on any atom is 0.469 e. The molecule has 374 valence electrons. The Morgan fingerprint density at radius 3 is 0.968 bits per heavy atom. The molecular weight excluding hydrogens is 808 g/mol. The van der Waals surface area contributed by atoms with Crippen LogP contribution in [0.25, 0.3) is 0 Å². The lowest BCUT2D eigenvalue weighted by Crippen LogP contribution is -2.29. The molecule has 8 nitrogen and oxygen atoms in total. The maximum absolute atomic E-state index is 12.5. The fourth-order valence-corrected chi connectivity index (χ4v) is 8.79. The molecule has 0 aromatic carbocycles. The second-order valence-electron chi connectivity index (χ2n) is 18.9. The smallest absolute Gasteiger partial charge is 0.462 e. The summed E-state index contributed by atoms with van der Waals surface area (Å²) in [4.78, 5) is 43.2. The van der Waals surface area contributed by atoms with Gasteiger partial charge in [0.15, 0.2) is 6.10 Å². The summed E-state index contributed by atoms with van der Waals surface area (Å²) in [6.07, 6.45) is 59.6. The van der Waals surface area contributed by atoms with Gasteiger partial charge in [-0.1, -0.05) is 264 Å². The standard InChI is InChI=1S/C54H105O8P/c1-3-5-7-9-11-13-15-17-19-21-23-25-27-29-31-33-35-37-39-41-43-45-47-49-54(56)62-52(51-61-63(57,58)59)50-60-53(55)48-46-44-42-40-38-36-34-32-30-28-26-24-22-20-18-16-14-12-10-8-6-4-2/h21,23,52H,3-20,22,24-51H2,1-2H3,(H2,57,58,59)/b23-21-. The summed E-state index contributed by atoms with van der Waals surface area (Å²) in [5.74, 6) is -0.864. The molecule has 1 atom stereocenters. The van der Waals surface area contributed by atoms with Gasteiger partial charge < -0.3 is 19.3 Å². The first-order valence-corrected chi connectivity index (χ1v) is 29.0. The van der Waals surface area contributed by atoms with Crippen molar-refractivity contribution in [1.82, 2.24) is 0 Å². The van der Waals surface area contributed by atoms with E-state index in [4.69, 9.17) is 19.3 Å². The lowest BCUT2D eigenvalue weighted by Gasteiger charge is -2.18. The van der Waals surface area contributed by atoms with Crippen LogP contribution >= 0.6 is 7.82 Å². The van der Waals surface area contributed by atoms with Gasteiger partial charge in [0.05, 0.1) is 6.61 Å². The van der Waals surface area contributed by atoms with Crippen molar-refractivity contribution in [3.05, 3.63) is 12.2 Å². The van der Waals surface area contributed by atoms with Crippen LogP contribution in [0.15, 0.2) is 12.2 Å². The molecular formula is C54H105O8P. The minimum Gasteiger partial charge on any atom is -0.462 e. The number of rotatable bonds is 52. The van der Waals surface area contributed by atoms with Crippen molar-refractivity contribution >= 4 is 19.8 Å². The Labute approximate surface area is 390 Å². The molecule has 0 heterocycles. The number of unbranched alkanes of at least 4 members (excludes halogenated alkanes) is 40. The van der Waals surface area contributed by atoms with Gasteiger partial charge in [-0.2, -0.15) is 0 Å². The van der Waals surface area contributed by atoms with E-state index in [0.717, 1.165) is 38.5 Å². The molecule has 0 aromatic rings. The lowest BCUT2D eigenvalue weighted by molar-refractivity contribution is -0.161. The predicted molar refractivity (Wildman–Crippen MR) is 267 cm³/mol. The van der Waals surface area contributed by atoms with Crippen molar-refractivity contribution in [2.75, 3.05) is 13.2 Å². The van der Waals surface area contributed by atoms with Crippen molar-refractivity contribution in [1.29, 1.82) is 0 Å². The number of ether oxygens (including phenoxy) is 2. The highest BCUT2D eigenvalue weighted by Gasteiger charge is 2.23. The van der Waals surface area contributed by atoms with Gasteiger partial charge in [0.2, 0.25) is 0 Å². The average Bonchev–Trinajstić information content (AvgIpc) is 3.26. The van der Waals surface area contributed by atoms with Gasteiger partial charge in [-0.05, 0) is 38.5 Å². The van der Waals surface area contributed by atoms with Crippen LogP contribution in [0.4, 0.5) is 0 Å². The normalized spacial score (nSPS) is 12.4. The molecule has 0 spiro atoms. The molecule has 0 aromatic heterocycles. The van der Waals surface area contributed by atoms with E-state index in [-0.39, 0.29) is 19.4 Å². The summed E-state index contributed by atoms with van der Waals surface area (Å²) >= 11 is 0. The predicted octanol–water partition coefficient (Wildman–Crippen LogP) is 17.7. The highest BCUT2D eigenvalue weighted by atomic mass is 31.2. The summed E-state index contributed by atoms with van der Waals surface area (Å²) in [5, 5.41) is 0. The van der Waals surface area contributed by atoms with Gasteiger partial charge in [0.25, 0.3) is 0 Å². The van der Waals surface area contributed by atoms with Crippen LogP contribution in [0.2, 0.25) is 0 Å². The summed E-state index contributed by atoms with van der Waals surface area (Å²) in [6.45, 7) is 3.75. The van der Waals surface area contributed by atoms with E-state index in [1.807, 2.05) is 0 Å². The van der Waals surface area contributed by atoms with E-state index < -0.39 is 32.5 Å². The molecule has 0 rings (SSSR count). The van der Waals surface area contributed by atoms with E-state index >= 15 is 0 Å². The van der Waals surface area contributed by atoms with Crippen molar-refractivity contribution in [3.8, 4) is 0 Å². The SMILES string of the molecule is CCCCCCCCCC/C=C\CCCCCCCCCCCCCC(=O)OC(COC(=O)CCCCCCCCCCCCCCCCCCCCCCCC)COP(=O)(O)O. The summed E-state index contributed by atoms with van der Waals surface area (Å²) in [5.41, 5.74) is 0. The van der Waals surface area contributed by atoms with Gasteiger partial charge >= 0.3 is 19.8 Å². The number of hydrogen-bond donors (Lipinski definition) is 2. The molecule has 0 aliphatic rings. The van der Waals surface area contributed by atoms with Gasteiger partial charge in [-0.15, -0.1) is 0 Å². The quantitative estimate of drug-likeness (QED) is 0.0268. The Morgan fingerprint density at radius 2 is 0.667 bits per heavy atom. The van der Waals surface area contributed by atoms with Gasteiger partial charge in [0.1, 0.15) is 6.61 Å². The molecule has 63 heavy (non-hydrogen) atoms. The van der Waals surface area contributed by atoms with Gasteiger partial charge in [0, 0.05) is 12.8 Å². The minimum atomic E-state index is -4.76. The molecule has 0 amide bonds. The van der Waals surface area contributed by atoms with E-state index in [1.54, 1.807) is 0 Å². The van der Waals surface area contributed by atoms with Crippen LogP contribution in [0.3, 0.4) is 0 Å². The van der Waals surface area contributed by atoms with Crippen molar-refractivity contribution in [2.45, 2.75) is 309 Å². The Balaban J connectivity index is 3.74. The van der Waals surface area contributed by atoms with Crippen molar-refractivity contribution < 1.29 is 37.9 Å². The van der Waals surface area contributed by atoms with Crippen molar-refractivity contribution in [3.63, 3.8) is 0 Å². The van der Waals surface area contributed by atoms with Gasteiger partial charge in [-0.3, -0.25) is 14.1 Å². The number of esters is 2. The zero-order valence-corrected chi connectivity index (χ0v) is 42.7. The fourth-order valence-electron chi connectivity index (χ4n) is 8.43. The first kappa shape index (κ1) is 61.8. The largest absolute Gasteiger partial charge is 0.469 e. The van der Waals surface area contributed by atoms with E-state index in [1.165, 1.54) is 231 Å². The number of carbonyl (C=O) groups excluding carboxylic acids is 2. The van der Waals surface area contributed by atoms with Gasteiger partial charge in [-0.25, -0.2) is 4.57 Å². The molecule has 0 saturated heterocycles. The number of allylic oxidation sites excluding steroid dienone is 2. The molecule has 0 saturated carbocycles. The molecule has 0 fully saturated rings. The van der Waals surface area contributed by atoms with Crippen LogP contribution in [0.5, 0.6) is 0 Å². The number of carbonyl (C=O) groups is 2. The average molecular weight is 913 g/mol. The molecule has 1 unspecified atom stereocenters. The molecule has 9 heteroatoms. The number of hydrogen-bond acceptors (Lipinski definition) is 6. The second-order valence-corrected chi connectivity index (χ2v) is 20.2. The van der Waals surface area contributed by atoms with Crippen LogP contribution in [-0.4, -0.2) is 41.0 Å². The third-order valence-corrected chi connectivity index (χ3v) is 13.0. The number of phosphoric ester groups is 1. The molecule has 2 N–H and O–H groups in total. The Bertz CT molecular complexity index is 1030. The Morgan fingerprint density at radius 1 is 0.397 bits per heavy atom. The monoisotopic (exact) mass is 913 g/mol. The van der Waals surface area contributed by atoms with E-state index in [9.17, 15) is 14.2 Å². The van der Waals surface area contributed by atoms with Crippen LogP contribution < -0.4 is 0 Å². The van der Waals surface area contributed by atoms with Crippen LogP contribution in [0, 0.1) is 0 Å². The summed E-state index contributed by atoms with van der Waals surface area (Å²) < 4.78 is 26.6. The fraction of sp³-hybridized carbons (Fsp3) is 0.926. The maximum atomic E-state index is 12.5. The number of phosphoric acid groups is 1. The Hall–Kier alpha value is -1.21. The zero-order chi connectivity index (χ0) is 46.0. The van der Waals surface area contributed by atoms with Crippen LogP contribution in [-0.2, 0) is 28.2 Å². The molecule has 0 aliphatic carbocycles. The second kappa shape index (κ2) is 50.2. The highest BCUT2D eigenvalue weighted by Crippen LogP contribution is 2.36. The topological polar surface area (TPSA) is 119 Å². The molecule has 0 aliphatic heterocycles. The first-order chi connectivity index (χ1) is 30.8. The molecule has 0 radical (unpaired) electrons. The zero-order valence-electron chi connectivity index (χ0n) is 41.8. The van der Waals surface area contributed by atoms with E-state index in [2.05, 4.69) is 30.5 Å². The lowest BCUT2D eigenvalue weighted by atomic mass is 10.0. The highest BCUT2D eigenvalue weighted by molar-refractivity contribution is 7.46. The third-order valence-electron chi connectivity index (χ3n) is 12.5. The van der Waals surface area contributed by atoms with Crippen molar-refractivity contribution in [2.24, 2.45) is 0 Å². The first-order valence-electron chi connectivity index (χ1n) is 27.5. The van der Waals surface area contributed by atoms with Crippen LogP contribution in [0.1, 0.15) is 303 Å². The third kappa shape index (κ3) is 53.3. The summed E-state index contributed by atoms with van der Waals surface area (Å²) in [7, 11) is -4.76. The van der Waals surface area contributed by atoms with E-state index in [0.29, 0.717) is 6.42 Å². The Kier molecular flexibility index (Phi) is 49.2.